The molecule has 0 spiro atoms. The molecule has 3 amide bonds. The standard InChI is InChI=1S/C50H51N5O7S2/c1-50(2,64(6)63)16-15-47(56)53(3)34-18-30(28-61-45-24-39-37(22-43(45)59-4)48(57)54-35(26-51-39)20-32-11-7-9-13-41(32)54)17-31(19-34)29-62-46-25-40-38(23-44(46)60-5)49(58)55-36(27-52-40)21-33-12-8-10-14-42(33)55/h7-14,17-19,22-26,35-36,52H,15-16,20-21,27-29H2,1-6H3/t35-,36-,64?/m0/s1. The maximum atomic E-state index is 14.1. The SMILES string of the molecule is COc1cc2c(cc1OCc1cc(COc3cc4c(cc3OC)C(=O)N3c5ccccc5C[C@H]3CN4)cc(N(C)C(=O)CCC(C)(C)S(C)=S)c1)N=C[C@@H]1Cc3ccccc3N1C2=O. The lowest BCUT2D eigenvalue weighted by Gasteiger charge is -2.26. The number of carbonyl (C=O) groups is 3. The van der Waals surface area contributed by atoms with Gasteiger partial charge >= 0.3 is 0 Å². The Morgan fingerprint density at radius 1 is 0.812 bits per heavy atom. The van der Waals surface area contributed by atoms with Crippen LogP contribution >= 0.6 is 0 Å². The monoisotopic (exact) mass is 897 g/mol. The number of para-hydroxylation sites is 2. The van der Waals surface area contributed by atoms with Crippen molar-refractivity contribution in [2.75, 3.05) is 54.1 Å². The van der Waals surface area contributed by atoms with Crippen LogP contribution in [0.2, 0.25) is 0 Å². The molecular weight excluding hydrogens is 847 g/mol. The van der Waals surface area contributed by atoms with Crippen molar-refractivity contribution in [2.24, 2.45) is 4.99 Å². The molecule has 3 atom stereocenters. The van der Waals surface area contributed by atoms with Crippen molar-refractivity contribution in [1.82, 2.24) is 0 Å². The molecular formula is C50H51N5O7S2. The zero-order valence-corrected chi connectivity index (χ0v) is 38.4. The summed E-state index contributed by atoms with van der Waals surface area (Å²) in [5.74, 6) is 1.42. The number of anilines is 4. The van der Waals surface area contributed by atoms with E-state index in [1.54, 1.807) is 49.3 Å². The van der Waals surface area contributed by atoms with Crippen LogP contribution in [0.4, 0.5) is 28.4 Å². The molecule has 4 heterocycles. The third kappa shape index (κ3) is 8.09. The smallest absolute Gasteiger partial charge is 0.261 e. The van der Waals surface area contributed by atoms with Crippen molar-refractivity contribution in [3.05, 3.63) is 124 Å². The number of nitrogens with zero attached hydrogens (tertiary/aromatic N) is 4. The van der Waals surface area contributed by atoms with E-state index in [4.69, 9.17) is 35.1 Å². The zero-order chi connectivity index (χ0) is 44.9. The molecule has 1 unspecified atom stereocenters. The van der Waals surface area contributed by atoms with Gasteiger partial charge in [0.2, 0.25) is 5.91 Å². The number of aliphatic imine (C=N–C) groups is 1. The van der Waals surface area contributed by atoms with E-state index in [1.807, 2.05) is 84.1 Å². The summed E-state index contributed by atoms with van der Waals surface area (Å²) in [4.78, 5) is 52.0. The number of ether oxygens (including phenoxy) is 4. The lowest BCUT2D eigenvalue weighted by molar-refractivity contribution is -0.118. The van der Waals surface area contributed by atoms with E-state index in [-0.39, 0.29) is 57.2 Å². The second kappa shape index (κ2) is 17.4. The van der Waals surface area contributed by atoms with Gasteiger partial charge in [0.05, 0.1) is 48.8 Å². The molecule has 0 bridgehead atoms. The van der Waals surface area contributed by atoms with Gasteiger partial charge in [-0.3, -0.25) is 24.3 Å². The molecule has 4 aliphatic heterocycles. The highest BCUT2D eigenvalue weighted by atomic mass is 32.8. The Hall–Kier alpha value is -6.25. The van der Waals surface area contributed by atoms with Gasteiger partial charge in [-0.2, -0.15) is 0 Å². The van der Waals surface area contributed by atoms with E-state index in [9.17, 15) is 14.4 Å². The van der Waals surface area contributed by atoms with E-state index in [0.29, 0.717) is 77.0 Å². The number of nitrogens with one attached hydrogen (secondary N) is 1. The van der Waals surface area contributed by atoms with Crippen LogP contribution in [0.3, 0.4) is 0 Å². The summed E-state index contributed by atoms with van der Waals surface area (Å²) in [6.07, 6.45) is 6.31. The van der Waals surface area contributed by atoms with E-state index in [1.165, 1.54) is 0 Å². The lowest BCUT2D eigenvalue weighted by Crippen LogP contribution is -2.39. The van der Waals surface area contributed by atoms with Crippen molar-refractivity contribution in [2.45, 2.75) is 69.6 Å². The molecule has 330 valence electrons. The van der Waals surface area contributed by atoms with Crippen LogP contribution in [0.1, 0.15) is 69.7 Å². The number of rotatable bonds is 13. The van der Waals surface area contributed by atoms with Crippen LogP contribution in [0.15, 0.2) is 96.0 Å². The first-order chi connectivity index (χ1) is 30.8. The Balaban J connectivity index is 0.987. The Labute approximate surface area is 380 Å². The molecule has 4 aliphatic rings. The van der Waals surface area contributed by atoms with Gasteiger partial charge < -0.3 is 34.1 Å². The Morgan fingerprint density at radius 3 is 2.06 bits per heavy atom. The van der Waals surface area contributed by atoms with Crippen molar-refractivity contribution >= 4 is 73.0 Å². The van der Waals surface area contributed by atoms with E-state index in [0.717, 1.165) is 40.0 Å². The number of hydrogen-bond acceptors (Lipinski definition) is 10. The van der Waals surface area contributed by atoms with Crippen LogP contribution in [0.25, 0.3) is 0 Å². The van der Waals surface area contributed by atoms with Crippen LogP contribution in [-0.2, 0) is 51.5 Å². The number of benzene rings is 5. The zero-order valence-electron chi connectivity index (χ0n) is 36.8. The third-order valence-corrected chi connectivity index (χ3v) is 15.9. The number of hydrogen-bond donors (Lipinski definition) is 1. The average Bonchev–Trinajstić information content (AvgIpc) is 3.79. The van der Waals surface area contributed by atoms with Gasteiger partial charge in [0.15, 0.2) is 23.0 Å². The van der Waals surface area contributed by atoms with Crippen LogP contribution in [0, 0.1) is 0 Å². The number of amides is 3. The Morgan fingerprint density at radius 2 is 1.41 bits per heavy atom. The van der Waals surface area contributed by atoms with Crippen molar-refractivity contribution < 1.29 is 33.3 Å². The summed E-state index contributed by atoms with van der Waals surface area (Å²) >= 11 is 5.60. The quantitative estimate of drug-likeness (QED) is 0.124. The third-order valence-electron chi connectivity index (χ3n) is 12.8. The molecule has 12 nitrogen and oxygen atoms in total. The van der Waals surface area contributed by atoms with Crippen molar-refractivity contribution in [3.63, 3.8) is 0 Å². The second-order valence-electron chi connectivity index (χ2n) is 17.2. The fraction of sp³-hybridized carbons (Fsp3) is 0.320. The molecule has 5 aromatic carbocycles. The normalized spacial score (nSPS) is 17.4. The predicted octanol–water partition coefficient (Wildman–Crippen LogP) is 8.38. The Kier molecular flexibility index (Phi) is 11.7. The molecule has 5 aromatic rings. The summed E-state index contributed by atoms with van der Waals surface area (Å²) in [5.41, 5.74) is 8.40. The average molecular weight is 898 g/mol. The largest absolute Gasteiger partial charge is 0.493 e. The fourth-order valence-corrected chi connectivity index (χ4v) is 9.53. The van der Waals surface area contributed by atoms with Gasteiger partial charge in [-0.15, -0.1) is 9.45 Å². The van der Waals surface area contributed by atoms with E-state index >= 15 is 0 Å². The van der Waals surface area contributed by atoms with E-state index in [2.05, 4.69) is 25.2 Å². The van der Waals surface area contributed by atoms with Crippen LogP contribution < -0.4 is 39.0 Å². The first-order valence-electron chi connectivity index (χ1n) is 21.4. The molecule has 14 heteroatoms. The topological polar surface area (TPSA) is 122 Å². The number of carbonyl (C=O) groups excluding carboxylic acids is 3. The highest BCUT2D eigenvalue weighted by Gasteiger charge is 2.39. The first kappa shape index (κ1) is 43.0. The molecule has 0 aromatic heterocycles. The highest BCUT2D eigenvalue weighted by Crippen LogP contribution is 2.43. The summed E-state index contributed by atoms with van der Waals surface area (Å²) in [5, 5.41) is 3.50. The maximum Gasteiger partial charge on any atom is 0.261 e. The minimum atomic E-state index is -0.279. The summed E-state index contributed by atoms with van der Waals surface area (Å²) in [6.45, 7) is 5.02. The molecule has 0 radical (unpaired) electrons. The van der Waals surface area contributed by atoms with Gasteiger partial charge in [-0.25, -0.2) is 0 Å². The molecule has 0 fully saturated rings. The van der Waals surface area contributed by atoms with Gasteiger partial charge in [0.25, 0.3) is 11.8 Å². The van der Waals surface area contributed by atoms with Gasteiger partial charge in [-0.05, 0) is 83.8 Å². The summed E-state index contributed by atoms with van der Waals surface area (Å²) in [7, 11) is 4.60. The minimum Gasteiger partial charge on any atom is -0.493 e. The van der Waals surface area contributed by atoms with Crippen molar-refractivity contribution in [1.29, 1.82) is 0 Å². The molecule has 0 saturated heterocycles. The number of fused-ring (bicyclic) bond motifs is 8. The van der Waals surface area contributed by atoms with Crippen LogP contribution in [-0.4, -0.2) is 74.8 Å². The maximum absolute atomic E-state index is 14.1. The number of methoxy groups -OCH3 is 2. The first-order valence-corrected chi connectivity index (χ1v) is 23.9. The van der Waals surface area contributed by atoms with Crippen LogP contribution in [0.5, 0.6) is 23.0 Å². The predicted molar refractivity (Wildman–Crippen MR) is 257 cm³/mol. The molecule has 1 N–H and O–H groups in total. The second-order valence-corrected chi connectivity index (χ2v) is 20.7. The van der Waals surface area contributed by atoms with Gasteiger partial charge in [-0.1, -0.05) is 61.4 Å². The fourth-order valence-electron chi connectivity index (χ4n) is 8.89. The van der Waals surface area contributed by atoms with E-state index < -0.39 is 0 Å². The summed E-state index contributed by atoms with van der Waals surface area (Å²) < 4.78 is 24.4. The lowest BCUT2D eigenvalue weighted by atomic mass is 10.1. The summed E-state index contributed by atoms with van der Waals surface area (Å²) in [6, 6.07) is 28.6. The molecule has 0 saturated carbocycles. The molecule has 64 heavy (non-hydrogen) atoms. The molecule has 9 rings (SSSR count). The van der Waals surface area contributed by atoms with Crippen molar-refractivity contribution in [3.8, 4) is 23.0 Å². The van der Waals surface area contributed by atoms with Gasteiger partial charge in [0, 0.05) is 66.6 Å². The Bertz CT molecular complexity index is 2760. The van der Waals surface area contributed by atoms with Gasteiger partial charge in [0.1, 0.15) is 13.2 Å². The highest BCUT2D eigenvalue weighted by molar-refractivity contribution is 8.29. The minimum absolute atomic E-state index is 0.0149. The molecule has 0 aliphatic carbocycles.